The lowest BCUT2D eigenvalue weighted by Crippen LogP contribution is -2.33. The number of ether oxygens (including phenoxy) is 1. The average molecular weight is 327 g/mol. The Balaban J connectivity index is 1.64. The summed E-state index contributed by atoms with van der Waals surface area (Å²) >= 11 is 0. The zero-order chi connectivity index (χ0) is 17.3. The van der Waals surface area contributed by atoms with Crippen LogP contribution in [0.2, 0.25) is 0 Å². The van der Waals surface area contributed by atoms with Crippen LogP contribution < -0.4 is 11.1 Å². The van der Waals surface area contributed by atoms with Crippen LogP contribution in [0.1, 0.15) is 43.9 Å². The van der Waals surface area contributed by atoms with E-state index in [2.05, 4.69) is 5.32 Å². The number of nitrogens with one attached hydrogen (secondary N) is 2. The molecule has 3 rings (SSSR count). The average Bonchev–Trinajstić information content (AvgIpc) is 3.23. The molecular weight excluding hydrogens is 302 g/mol. The number of Topliss-reactive ketones (excluding diaryl/α,β-unsaturated/α-hetero) is 1. The van der Waals surface area contributed by atoms with Gasteiger partial charge in [-0.05, 0) is 36.5 Å². The van der Waals surface area contributed by atoms with Crippen LogP contribution in [0.15, 0.2) is 35.5 Å². The summed E-state index contributed by atoms with van der Waals surface area (Å²) in [5, 5.41) is 11.5. The van der Waals surface area contributed by atoms with Gasteiger partial charge in [0.15, 0.2) is 5.78 Å². The molecule has 3 atom stereocenters. The molecule has 0 spiro atoms. The van der Waals surface area contributed by atoms with Gasteiger partial charge in [-0.3, -0.25) is 10.2 Å². The highest BCUT2D eigenvalue weighted by Gasteiger charge is 2.41. The Morgan fingerprint density at radius 2 is 2.08 bits per heavy atom. The van der Waals surface area contributed by atoms with Crippen molar-refractivity contribution < 1.29 is 9.53 Å². The van der Waals surface area contributed by atoms with Crippen molar-refractivity contribution in [2.45, 2.75) is 51.4 Å². The third-order valence-corrected chi connectivity index (χ3v) is 5.02. The highest BCUT2D eigenvalue weighted by Crippen LogP contribution is 2.36. The number of allylic oxidation sites excluding steroid dienone is 2. The second kappa shape index (κ2) is 6.87. The van der Waals surface area contributed by atoms with Gasteiger partial charge in [0.2, 0.25) is 0 Å². The quantitative estimate of drug-likeness (QED) is 0.699. The Bertz CT molecular complexity index is 678. The Hall–Kier alpha value is -1.98. The second-order valence-electron chi connectivity index (χ2n) is 6.65. The fourth-order valence-corrected chi connectivity index (χ4v) is 3.41. The lowest BCUT2D eigenvalue weighted by Gasteiger charge is -2.23. The molecule has 2 bridgehead atoms. The van der Waals surface area contributed by atoms with E-state index in [0.717, 1.165) is 24.1 Å². The van der Waals surface area contributed by atoms with E-state index in [4.69, 9.17) is 15.9 Å². The topological polar surface area (TPSA) is 88.2 Å². The Morgan fingerprint density at radius 1 is 1.38 bits per heavy atom. The molecule has 0 unspecified atom stereocenters. The molecule has 4 N–H and O–H groups in total. The van der Waals surface area contributed by atoms with Gasteiger partial charge in [0, 0.05) is 24.7 Å². The molecule has 0 saturated carbocycles. The molecule has 128 valence electrons. The van der Waals surface area contributed by atoms with Crippen LogP contribution in [-0.2, 0) is 16.0 Å². The maximum atomic E-state index is 12.3. The van der Waals surface area contributed by atoms with Gasteiger partial charge in [-0.15, -0.1) is 0 Å². The van der Waals surface area contributed by atoms with E-state index >= 15 is 0 Å². The third kappa shape index (κ3) is 3.28. The summed E-state index contributed by atoms with van der Waals surface area (Å²) in [5.74, 6) is -0.200. The van der Waals surface area contributed by atoms with E-state index < -0.39 is 0 Å². The van der Waals surface area contributed by atoms with E-state index in [1.54, 1.807) is 6.92 Å². The van der Waals surface area contributed by atoms with Crippen LogP contribution in [0.5, 0.6) is 0 Å². The molecule has 0 aromatic heterocycles. The van der Waals surface area contributed by atoms with Gasteiger partial charge in [0.1, 0.15) is 5.71 Å². The normalized spacial score (nSPS) is 26.3. The molecule has 5 nitrogen and oxygen atoms in total. The van der Waals surface area contributed by atoms with Gasteiger partial charge in [-0.25, -0.2) is 0 Å². The molecule has 2 fully saturated rings. The lowest BCUT2D eigenvalue weighted by molar-refractivity contribution is -0.112. The standard InChI is InChI=1S/C19H25N3O2/c1-3-15(20)11(2)18(21)17(23)8-12-4-6-13(7-5-12)19-16-9-14(24-19)10-22-16/h4-7,14,16,19,21-22H,3,8-10,20H2,1-2H3/t14-,16-,19+/m0/s1. The van der Waals surface area contributed by atoms with Crippen LogP contribution in [0, 0.1) is 5.41 Å². The van der Waals surface area contributed by atoms with Gasteiger partial charge in [0.05, 0.1) is 12.2 Å². The molecule has 1 aromatic carbocycles. The first-order valence-electron chi connectivity index (χ1n) is 8.54. The van der Waals surface area contributed by atoms with Crippen molar-refractivity contribution in [2.24, 2.45) is 5.73 Å². The fourth-order valence-electron chi connectivity index (χ4n) is 3.41. The van der Waals surface area contributed by atoms with Gasteiger partial charge in [-0.1, -0.05) is 31.2 Å². The van der Waals surface area contributed by atoms with E-state index in [1.807, 2.05) is 31.2 Å². The van der Waals surface area contributed by atoms with Crippen LogP contribution in [-0.4, -0.2) is 30.2 Å². The summed E-state index contributed by atoms with van der Waals surface area (Å²) in [4.78, 5) is 12.3. The summed E-state index contributed by atoms with van der Waals surface area (Å²) in [5.41, 5.74) is 9.09. The number of hydrogen-bond donors (Lipinski definition) is 3. The maximum absolute atomic E-state index is 12.3. The molecule has 0 radical (unpaired) electrons. The summed E-state index contributed by atoms with van der Waals surface area (Å²) in [6.07, 6.45) is 2.39. The predicted octanol–water partition coefficient (Wildman–Crippen LogP) is 2.26. The minimum Gasteiger partial charge on any atom is -0.402 e. The van der Waals surface area contributed by atoms with Crippen LogP contribution in [0.25, 0.3) is 0 Å². The highest BCUT2D eigenvalue weighted by molar-refractivity contribution is 6.45. The van der Waals surface area contributed by atoms with E-state index in [9.17, 15) is 4.79 Å². The van der Waals surface area contributed by atoms with Crippen LogP contribution in [0.4, 0.5) is 0 Å². The summed E-state index contributed by atoms with van der Waals surface area (Å²) in [7, 11) is 0. The molecule has 0 amide bonds. The van der Waals surface area contributed by atoms with Crippen molar-refractivity contribution in [2.75, 3.05) is 6.54 Å². The van der Waals surface area contributed by atoms with Crippen molar-refractivity contribution in [1.82, 2.24) is 5.32 Å². The molecule has 2 aliphatic heterocycles. The largest absolute Gasteiger partial charge is 0.402 e. The fraction of sp³-hybridized carbons (Fsp3) is 0.474. The van der Waals surface area contributed by atoms with E-state index in [-0.39, 0.29) is 24.0 Å². The smallest absolute Gasteiger partial charge is 0.185 e. The zero-order valence-electron chi connectivity index (χ0n) is 14.3. The number of hydrogen-bond acceptors (Lipinski definition) is 5. The molecule has 5 heteroatoms. The summed E-state index contributed by atoms with van der Waals surface area (Å²) in [6, 6.07) is 8.38. The number of carbonyl (C=O) groups is 1. The van der Waals surface area contributed by atoms with Gasteiger partial charge in [0.25, 0.3) is 0 Å². The zero-order valence-corrected chi connectivity index (χ0v) is 14.3. The number of carbonyl (C=O) groups excluding carboxylic acids is 1. The minimum absolute atomic E-state index is 0.0130. The highest BCUT2D eigenvalue weighted by atomic mass is 16.5. The molecule has 2 saturated heterocycles. The minimum atomic E-state index is -0.200. The van der Waals surface area contributed by atoms with Crippen LogP contribution >= 0.6 is 0 Å². The van der Waals surface area contributed by atoms with Crippen molar-refractivity contribution in [3.63, 3.8) is 0 Å². The first-order chi connectivity index (χ1) is 11.5. The molecule has 2 heterocycles. The van der Waals surface area contributed by atoms with Crippen LogP contribution in [0.3, 0.4) is 0 Å². The SMILES string of the molecule is CCC(N)=C(C)C(=N)C(=O)Cc1ccc([C@H]2O[C@@H]3CN[C@H]2C3)cc1. The number of morpholine rings is 1. The number of rotatable bonds is 6. The Kier molecular flexibility index (Phi) is 4.83. The first kappa shape index (κ1) is 16.9. The van der Waals surface area contributed by atoms with Crippen molar-refractivity contribution in [3.8, 4) is 0 Å². The Morgan fingerprint density at radius 3 is 2.62 bits per heavy atom. The van der Waals surface area contributed by atoms with Gasteiger partial charge in [-0.2, -0.15) is 0 Å². The molecule has 1 aromatic rings. The number of nitrogens with two attached hydrogens (primary N) is 1. The predicted molar refractivity (Wildman–Crippen MR) is 94.1 cm³/mol. The third-order valence-electron chi connectivity index (χ3n) is 5.02. The van der Waals surface area contributed by atoms with E-state index in [0.29, 0.717) is 29.8 Å². The first-order valence-corrected chi connectivity index (χ1v) is 8.54. The Labute approximate surface area is 142 Å². The number of benzene rings is 1. The van der Waals surface area contributed by atoms with Crippen molar-refractivity contribution >= 4 is 11.5 Å². The summed E-state index contributed by atoms with van der Waals surface area (Å²) in [6.45, 7) is 4.60. The molecule has 2 aliphatic rings. The van der Waals surface area contributed by atoms with Gasteiger partial charge < -0.3 is 15.8 Å². The van der Waals surface area contributed by atoms with Crippen molar-refractivity contribution in [1.29, 1.82) is 5.41 Å². The van der Waals surface area contributed by atoms with E-state index in [1.165, 1.54) is 0 Å². The lowest BCUT2D eigenvalue weighted by atomic mass is 9.97. The maximum Gasteiger partial charge on any atom is 0.185 e. The number of ketones is 1. The molecule has 0 aliphatic carbocycles. The monoisotopic (exact) mass is 327 g/mol. The van der Waals surface area contributed by atoms with Crippen molar-refractivity contribution in [3.05, 3.63) is 46.7 Å². The molecular formula is C19H25N3O2. The number of fused-ring (bicyclic) bond motifs is 2. The molecule has 24 heavy (non-hydrogen) atoms. The second-order valence-corrected chi connectivity index (χ2v) is 6.65. The van der Waals surface area contributed by atoms with Gasteiger partial charge >= 0.3 is 0 Å². The summed E-state index contributed by atoms with van der Waals surface area (Å²) < 4.78 is 5.99.